The van der Waals surface area contributed by atoms with Crippen molar-refractivity contribution < 1.29 is 4.79 Å². The Kier molecular flexibility index (Phi) is 4.74. The number of hydrogen-bond acceptors (Lipinski definition) is 6. The van der Waals surface area contributed by atoms with Crippen LogP contribution in [0, 0.1) is 13.8 Å². The van der Waals surface area contributed by atoms with Crippen molar-refractivity contribution in [3.63, 3.8) is 0 Å². The zero-order chi connectivity index (χ0) is 19.8. The van der Waals surface area contributed by atoms with Crippen LogP contribution >= 0.6 is 0 Å². The van der Waals surface area contributed by atoms with Crippen molar-refractivity contribution in [2.75, 3.05) is 25.0 Å². The number of fused-ring (bicyclic) bond motifs is 1. The van der Waals surface area contributed by atoms with Crippen LogP contribution in [0.2, 0.25) is 0 Å². The molecule has 0 atom stereocenters. The summed E-state index contributed by atoms with van der Waals surface area (Å²) in [7, 11) is 3.55. The van der Waals surface area contributed by atoms with Crippen LogP contribution in [0.4, 0.5) is 5.95 Å². The van der Waals surface area contributed by atoms with Crippen LogP contribution < -0.4 is 10.2 Å². The van der Waals surface area contributed by atoms with E-state index in [1.807, 2.05) is 31.6 Å². The molecule has 28 heavy (non-hydrogen) atoms. The first-order valence-corrected chi connectivity index (χ1v) is 9.70. The molecule has 1 fully saturated rings. The van der Waals surface area contributed by atoms with Gasteiger partial charge < -0.3 is 10.2 Å². The molecule has 0 radical (unpaired) electrons. The van der Waals surface area contributed by atoms with E-state index in [1.54, 1.807) is 11.6 Å². The molecule has 1 N–H and O–H groups in total. The molecule has 1 aliphatic heterocycles. The highest BCUT2D eigenvalue weighted by Crippen LogP contribution is 2.18. The minimum absolute atomic E-state index is 0.159. The van der Waals surface area contributed by atoms with Crippen LogP contribution in [0.1, 0.15) is 46.1 Å². The Hall–Kier alpha value is -2.97. The van der Waals surface area contributed by atoms with Crippen molar-refractivity contribution in [1.29, 1.82) is 0 Å². The SMILES string of the molecule is CNC(=O)c1cc(CCc2nc(N3CCCC3)nn2C)nn2c(C)c(C)nc12. The highest BCUT2D eigenvalue weighted by molar-refractivity contribution is 5.99. The lowest BCUT2D eigenvalue weighted by molar-refractivity contribution is 0.0964. The number of amides is 1. The molecule has 0 unspecified atom stereocenters. The lowest BCUT2D eigenvalue weighted by atomic mass is 10.1. The van der Waals surface area contributed by atoms with Crippen LogP contribution in [0.15, 0.2) is 6.07 Å². The number of imidazole rings is 1. The summed E-state index contributed by atoms with van der Waals surface area (Å²) in [6.07, 6.45) is 3.77. The van der Waals surface area contributed by atoms with Crippen molar-refractivity contribution in [2.45, 2.75) is 39.5 Å². The van der Waals surface area contributed by atoms with Crippen LogP contribution in [0.3, 0.4) is 0 Å². The number of rotatable bonds is 5. The van der Waals surface area contributed by atoms with Crippen molar-refractivity contribution in [1.82, 2.24) is 34.7 Å². The zero-order valence-electron chi connectivity index (χ0n) is 16.9. The Bertz CT molecular complexity index is 1030. The van der Waals surface area contributed by atoms with Gasteiger partial charge in [-0.3, -0.25) is 9.48 Å². The molecule has 4 heterocycles. The second-order valence-electron chi connectivity index (χ2n) is 7.29. The van der Waals surface area contributed by atoms with Gasteiger partial charge in [-0.25, -0.2) is 9.50 Å². The first-order chi connectivity index (χ1) is 13.5. The number of hydrogen-bond donors (Lipinski definition) is 1. The maximum atomic E-state index is 12.4. The molecule has 4 rings (SSSR count). The Morgan fingerprint density at radius 2 is 1.89 bits per heavy atom. The quantitative estimate of drug-likeness (QED) is 0.713. The van der Waals surface area contributed by atoms with Gasteiger partial charge in [-0.1, -0.05) is 0 Å². The van der Waals surface area contributed by atoms with Gasteiger partial charge in [-0.2, -0.15) is 10.1 Å². The van der Waals surface area contributed by atoms with Crippen molar-refractivity contribution in [2.24, 2.45) is 7.05 Å². The minimum atomic E-state index is -0.159. The first kappa shape index (κ1) is 18.4. The average Bonchev–Trinajstić information content (AvgIpc) is 3.40. The van der Waals surface area contributed by atoms with E-state index in [9.17, 15) is 4.79 Å². The molecule has 1 amide bonds. The van der Waals surface area contributed by atoms with E-state index in [4.69, 9.17) is 10.1 Å². The summed E-state index contributed by atoms with van der Waals surface area (Å²) in [5.41, 5.74) is 3.78. The summed E-state index contributed by atoms with van der Waals surface area (Å²) in [6.45, 7) is 5.94. The molecular formula is C19H26N8O. The third kappa shape index (κ3) is 3.21. The van der Waals surface area contributed by atoms with E-state index in [-0.39, 0.29) is 5.91 Å². The molecule has 0 bridgehead atoms. The average molecular weight is 382 g/mol. The van der Waals surface area contributed by atoms with Gasteiger partial charge in [0.25, 0.3) is 5.91 Å². The van der Waals surface area contributed by atoms with Gasteiger partial charge in [0, 0.05) is 33.6 Å². The van der Waals surface area contributed by atoms with E-state index in [0.717, 1.165) is 41.9 Å². The van der Waals surface area contributed by atoms with Gasteiger partial charge in [-0.15, -0.1) is 5.10 Å². The highest BCUT2D eigenvalue weighted by Gasteiger charge is 2.20. The van der Waals surface area contributed by atoms with E-state index in [2.05, 4.69) is 20.3 Å². The summed E-state index contributed by atoms with van der Waals surface area (Å²) in [5, 5.41) is 12.0. The summed E-state index contributed by atoms with van der Waals surface area (Å²) >= 11 is 0. The minimum Gasteiger partial charge on any atom is -0.355 e. The summed E-state index contributed by atoms with van der Waals surface area (Å²) in [5.74, 6) is 1.57. The van der Waals surface area contributed by atoms with Gasteiger partial charge in [0.05, 0.1) is 22.6 Å². The fraction of sp³-hybridized carbons (Fsp3) is 0.526. The van der Waals surface area contributed by atoms with Crippen LogP contribution in [0.5, 0.6) is 0 Å². The second-order valence-corrected chi connectivity index (χ2v) is 7.29. The second kappa shape index (κ2) is 7.21. The Labute approximate surface area is 163 Å². The summed E-state index contributed by atoms with van der Waals surface area (Å²) < 4.78 is 3.61. The molecule has 148 valence electrons. The lowest BCUT2D eigenvalue weighted by Crippen LogP contribution is -2.20. The molecule has 3 aromatic rings. The molecular weight excluding hydrogens is 356 g/mol. The molecule has 0 spiro atoms. The molecule has 9 nitrogen and oxygen atoms in total. The van der Waals surface area contributed by atoms with Crippen LogP contribution in [-0.2, 0) is 19.9 Å². The molecule has 1 saturated heterocycles. The largest absolute Gasteiger partial charge is 0.355 e. The Balaban J connectivity index is 1.61. The normalized spacial score (nSPS) is 14.2. The predicted octanol–water partition coefficient (Wildman–Crippen LogP) is 1.22. The molecule has 1 aliphatic rings. The van der Waals surface area contributed by atoms with Gasteiger partial charge in [0.1, 0.15) is 5.82 Å². The zero-order valence-corrected chi connectivity index (χ0v) is 16.9. The van der Waals surface area contributed by atoms with E-state index >= 15 is 0 Å². The molecule has 0 aromatic carbocycles. The number of anilines is 1. The molecule has 0 aliphatic carbocycles. The van der Waals surface area contributed by atoms with Crippen molar-refractivity contribution in [3.8, 4) is 0 Å². The smallest absolute Gasteiger partial charge is 0.254 e. The maximum Gasteiger partial charge on any atom is 0.254 e. The number of nitrogens with zero attached hydrogens (tertiary/aromatic N) is 7. The standard InChI is InChI=1S/C19H26N8O/c1-12-13(2)27-17(21-12)15(18(28)20-3)11-14(23-27)7-8-16-22-19(24-25(16)4)26-9-5-6-10-26/h11H,5-10H2,1-4H3,(H,20,28). The summed E-state index contributed by atoms with van der Waals surface area (Å²) in [6, 6.07) is 1.83. The van der Waals surface area contributed by atoms with E-state index in [1.165, 1.54) is 12.8 Å². The highest BCUT2D eigenvalue weighted by atomic mass is 16.1. The van der Waals surface area contributed by atoms with Gasteiger partial charge in [0.2, 0.25) is 5.95 Å². The molecule has 0 saturated carbocycles. The number of carbonyl (C=O) groups is 1. The topological polar surface area (TPSA) is 93.2 Å². The third-order valence-corrected chi connectivity index (χ3v) is 5.40. The molecule has 9 heteroatoms. The lowest BCUT2D eigenvalue weighted by Gasteiger charge is -2.10. The third-order valence-electron chi connectivity index (χ3n) is 5.40. The predicted molar refractivity (Wildman–Crippen MR) is 106 cm³/mol. The van der Waals surface area contributed by atoms with Crippen molar-refractivity contribution in [3.05, 3.63) is 34.5 Å². The maximum absolute atomic E-state index is 12.4. The Morgan fingerprint density at radius 3 is 2.61 bits per heavy atom. The van der Waals surface area contributed by atoms with E-state index < -0.39 is 0 Å². The van der Waals surface area contributed by atoms with Crippen LogP contribution in [-0.4, -0.2) is 55.4 Å². The van der Waals surface area contributed by atoms with E-state index in [0.29, 0.717) is 24.1 Å². The first-order valence-electron chi connectivity index (χ1n) is 9.70. The van der Waals surface area contributed by atoms with Crippen LogP contribution in [0.25, 0.3) is 5.65 Å². The fourth-order valence-electron chi connectivity index (χ4n) is 3.62. The Morgan fingerprint density at radius 1 is 1.14 bits per heavy atom. The number of aromatic nitrogens is 6. The number of nitrogens with one attached hydrogen (secondary N) is 1. The fourth-order valence-corrected chi connectivity index (χ4v) is 3.62. The van der Waals surface area contributed by atoms with Gasteiger partial charge in [-0.05, 0) is 39.2 Å². The van der Waals surface area contributed by atoms with Crippen molar-refractivity contribution >= 4 is 17.5 Å². The van der Waals surface area contributed by atoms with Gasteiger partial charge >= 0.3 is 0 Å². The summed E-state index contributed by atoms with van der Waals surface area (Å²) in [4.78, 5) is 23.8. The monoisotopic (exact) mass is 382 g/mol. The van der Waals surface area contributed by atoms with Gasteiger partial charge in [0.15, 0.2) is 5.65 Å². The molecule has 3 aromatic heterocycles. The number of aryl methyl sites for hydroxylation is 5. The number of carbonyl (C=O) groups excluding carboxylic acids is 1.